The van der Waals surface area contributed by atoms with Crippen molar-refractivity contribution in [3.05, 3.63) is 28.8 Å². The van der Waals surface area contributed by atoms with Crippen LogP contribution in [0.3, 0.4) is 0 Å². The van der Waals surface area contributed by atoms with Crippen LogP contribution in [0, 0.1) is 5.92 Å². The lowest BCUT2D eigenvalue weighted by atomic mass is 10.0. The smallest absolute Gasteiger partial charge is 0.0589 e. The minimum absolute atomic E-state index is 0.216. The van der Waals surface area contributed by atoms with Gasteiger partial charge in [0.05, 0.1) is 6.61 Å². The first-order valence-corrected chi connectivity index (χ1v) is 6.38. The molecule has 0 aliphatic carbocycles. The predicted octanol–water partition coefficient (Wildman–Crippen LogP) is 2.12. The van der Waals surface area contributed by atoms with Crippen LogP contribution in [-0.2, 0) is 6.54 Å². The van der Waals surface area contributed by atoms with Crippen molar-refractivity contribution < 1.29 is 5.11 Å². The van der Waals surface area contributed by atoms with Gasteiger partial charge in [0.1, 0.15) is 0 Å². The molecule has 3 N–H and O–H groups in total. The average molecular weight is 255 g/mol. The zero-order valence-corrected chi connectivity index (χ0v) is 10.8. The van der Waals surface area contributed by atoms with Gasteiger partial charge in [0.25, 0.3) is 0 Å². The number of benzene rings is 1. The number of nitrogen functional groups attached to an aromatic ring is 1. The number of rotatable bonds is 3. The summed E-state index contributed by atoms with van der Waals surface area (Å²) in [7, 11) is 0. The second kappa shape index (κ2) is 5.25. The number of aliphatic hydroxyl groups excluding tert-OH is 1. The molecule has 2 unspecified atom stereocenters. The lowest BCUT2D eigenvalue weighted by Gasteiger charge is -2.25. The third-order valence-electron chi connectivity index (χ3n) is 3.64. The van der Waals surface area contributed by atoms with E-state index in [2.05, 4.69) is 11.8 Å². The molecule has 1 saturated heterocycles. The van der Waals surface area contributed by atoms with Crippen molar-refractivity contribution in [3.8, 4) is 0 Å². The number of aliphatic hydroxyl groups is 1. The lowest BCUT2D eigenvalue weighted by molar-refractivity contribution is 0.134. The van der Waals surface area contributed by atoms with E-state index >= 15 is 0 Å². The Morgan fingerprint density at radius 1 is 1.53 bits per heavy atom. The van der Waals surface area contributed by atoms with Gasteiger partial charge in [-0.3, -0.25) is 4.90 Å². The van der Waals surface area contributed by atoms with E-state index in [1.165, 1.54) is 0 Å². The van der Waals surface area contributed by atoms with Gasteiger partial charge in [0.2, 0.25) is 0 Å². The van der Waals surface area contributed by atoms with Crippen LogP contribution in [0.2, 0.25) is 5.02 Å². The molecule has 1 aromatic rings. The molecule has 2 atom stereocenters. The van der Waals surface area contributed by atoms with Crippen molar-refractivity contribution in [1.29, 1.82) is 0 Å². The van der Waals surface area contributed by atoms with Crippen LogP contribution in [-0.4, -0.2) is 29.2 Å². The number of anilines is 1. The molecule has 4 heteroatoms. The topological polar surface area (TPSA) is 49.5 Å². The van der Waals surface area contributed by atoms with Crippen LogP contribution in [0.1, 0.15) is 18.9 Å². The monoisotopic (exact) mass is 254 g/mol. The molecule has 0 amide bonds. The first-order valence-electron chi connectivity index (χ1n) is 6.00. The Morgan fingerprint density at radius 2 is 2.29 bits per heavy atom. The molecule has 1 heterocycles. The van der Waals surface area contributed by atoms with E-state index in [4.69, 9.17) is 17.3 Å². The number of halogens is 1. The highest BCUT2D eigenvalue weighted by Gasteiger charge is 2.30. The summed E-state index contributed by atoms with van der Waals surface area (Å²) in [6.45, 7) is 4.21. The normalized spacial score (nSPS) is 25.4. The van der Waals surface area contributed by atoms with Crippen molar-refractivity contribution in [2.75, 3.05) is 18.9 Å². The lowest BCUT2D eigenvalue weighted by Crippen LogP contribution is -2.34. The Bertz CT molecular complexity index is 397. The zero-order chi connectivity index (χ0) is 12.4. The van der Waals surface area contributed by atoms with E-state index in [1.807, 2.05) is 12.1 Å². The molecule has 1 fully saturated rings. The molecule has 3 nitrogen and oxygen atoms in total. The largest absolute Gasteiger partial charge is 0.399 e. The minimum Gasteiger partial charge on any atom is -0.399 e. The van der Waals surface area contributed by atoms with E-state index in [-0.39, 0.29) is 12.6 Å². The van der Waals surface area contributed by atoms with E-state index in [0.717, 1.165) is 25.1 Å². The highest BCUT2D eigenvalue weighted by molar-refractivity contribution is 6.31. The summed E-state index contributed by atoms with van der Waals surface area (Å²) >= 11 is 6.17. The van der Waals surface area contributed by atoms with Crippen LogP contribution >= 0.6 is 11.6 Å². The van der Waals surface area contributed by atoms with E-state index < -0.39 is 0 Å². The minimum atomic E-state index is 0.216. The molecule has 0 aromatic heterocycles. The third kappa shape index (κ3) is 2.73. The van der Waals surface area contributed by atoms with Gasteiger partial charge in [-0.15, -0.1) is 0 Å². The highest BCUT2D eigenvalue weighted by atomic mass is 35.5. The Morgan fingerprint density at radius 3 is 2.94 bits per heavy atom. The summed E-state index contributed by atoms with van der Waals surface area (Å²) in [5.74, 6) is 0.549. The van der Waals surface area contributed by atoms with Crippen LogP contribution in [0.25, 0.3) is 0 Å². The van der Waals surface area contributed by atoms with Gasteiger partial charge in [-0.2, -0.15) is 0 Å². The molecule has 1 aliphatic rings. The summed E-state index contributed by atoms with van der Waals surface area (Å²) in [6.07, 6.45) is 1.14. The summed E-state index contributed by atoms with van der Waals surface area (Å²) in [5, 5.41) is 10.1. The second-order valence-electron chi connectivity index (χ2n) is 4.84. The quantitative estimate of drug-likeness (QED) is 0.813. The molecule has 94 valence electrons. The van der Waals surface area contributed by atoms with Crippen molar-refractivity contribution in [2.24, 2.45) is 5.92 Å². The van der Waals surface area contributed by atoms with Crippen LogP contribution < -0.4 is 5.73 Å². The number of hydrogen-bond donors (Lipinski definition) is 2. The second-order valence-corrected chi connectivity index (χ2v) is 5.24. The molecule has 0 bridgehead atoms. The summed E-state index contributed by atoms with van der Waals surface area (Å²) in [4.78, 5) is 2.29. The number of nitrogens with zero attached hydrogens (tertiary/aromatic N) is 1. The average Bonchev–Trinajstić information content (AvgIpc) is 2.63. The van der Waals surface area contributed by atoms with E-state index in [9.17, 15) is 5.11 Å². The summed E-state index contributed by atoms with van der Waals surface area (Å²) < 4.78 is 0. The fourth-order valence-electron chi connectivity index (χ4n) is 2.49. The Hall–Kier alpha value is -0.770. The molecule has 0 spiro atoms. The fourth-order valence-corrected chi connectivity index (χ4v) is 2.74. The Labute approximate surface area is 107 Å². The van der Waals surface area contributed by atoms with Crippen LogP contribution in [0.15, 0.2) is 18.2 Å². The van der Waals surface area contributed by atoms with Gasteiger partial charge >= 0.3 is 0 Å². The molecular formula is C13H19ClN2O. The highest BCUT2D eigenvalue weighted by Crippen LogP contribution is 2.28. The van der Waals surface area contributed by atoms with Gasteiger partial charge in [0.15, 0.2) is 0 Å². The Kier molecular flexibility index (Phi) is 3.92. The third-order valence-corrected chi connectivity index (χ3v) is 3.99. The number of hydrogen-bond acceptors (Lipinski definition) is 3. The SMILES string of the molecule is CC1CCN(Cc2ccc(N)cc2Cl)C1CO. The molecule has 0 saturated carbocycles. The molecular weight excluding hydrogens is 236 g/mol. The molecule has 1 aromatic carbocycles. The van der Waals surface area contributed by atoms with Gasteiger partial charge in [0, 0.05) is 23.3 Å². The summed E-state index contributed by atoms with van der Waals surface area (Å²) in [6, 6.07) is 5.87. The standard InChI is InChI=1S/C13H19ClN2O/c1-9-4-5-16(13(9)8-17)7-10-2-3-11(15)6-12(10)14/h2-3,6,9,13,17H,4-5,7-8,15H2,1H3. The van der Waals surface area contributed by atoms with E-state index in [1.54, 1.807) is 6.07 Å². The maximum absolute atomic E-state index is 9.40. The molecule has 2 rings (SSSR count). The first kappa shape index (κ1) is 12.7. The summed E-state index contributed by atoms with van der Waals surface area (Å²) in [5.41, 5.74) is 7.44. The maximum Gasteiger partial charge on any atom is 0.0589 e. The van der Waals surface area contributed by atoms with Crippen LogP contribution in [0.5, 0.6) is 0 Å². The van der Waals surface area contributed by atoms with Crippen molar-refractivity contribution in [1.82, 2.24) is 4.90 Å². The molecule has 1 aliphatic heterocycles. The zero-order valence-electron chi connectivity index (χ0n) is 10.1. The van der Waals surface area contributed by atoms with E-state index in [0.29, 0.717) is 16.6 Å². The van der Waals surface area contributed by atoms with Gasteiger partial charge in [-0.1, -0.05) is 24.6 Å². The number of likely N-dealkylation sites (tertiary alicyclic amines) is 1. The molecule has 0 radical (unpaired) electrons. The fraction of sp³-hybridized carbons (Fsp3) is 0.538. The van der Waals surface area contributed by atoms with Gasteiger partial charge < -0.3 is 10.8 Å². The van der Waals surface area contributed by atoms with Crippen molar-refractivity contribution >= 4 is 17.3 Å². The van der Waals surface area contributed by atoms with Gasteiger partial charge in [-0.25, -0.2) is 0 Å². The van der Waals surface area contributed by atoms with Gasteiger partial charge in [-0.05, 0) is 36.6 Å². The van der Waals surface area contributed by atoms with Crippen LogP contribution in [0.4, 0.5) is 5.69 Å². The van der Waals surface area contributed by atoms with Crippen molar-refractivity contribution in [3.63, 3.8) is 0 Å². The predicted molar refractivity (Wildman–Crippen MR) is 70.9 cm³/mol. The molecule has 17 heavy (non-hydrogen) atoms. The first-order chi connectivity index (χ1) is 8.11. The number of nitrogens with two attached hydrogens (primary N) is 1. The Balaban J connectivity index is 2.10. The van der Waals surface area contributed by atoms with Crippen molar-refractivity contribution in [2.45, 2.75) is 25.9 Å². The maximum atomic E-state index is 9.40.